The number of carbonyl (C=O) groups excluding carboxylic acids is 1. The van der Waals surface area contributed by atoms with Crippen LogP contribution >= 0.6 is 0 Å². The van der Waals surface area contributed by atoms with E-state index in [1.54, 1.807) is 4.72 Å². The topological polar surface area (TPSA) is 133 Å². The quantitative estimate of drug-likeness (QED) is 0.559. The van der Waals surface area contributed by atoms with Crippen molar-refractivity contribution in [3.8, 4) is 0 Å². The van der Waals surface area contributed by atoms with Crippen LogP contribution in [0.15, 0.2) is 23.1 Å². The summed E-state index contributed by atoms with van der Waals surface area (Å²) >= 11 is 0. The van der Waals surface area contributed by atoms with Gasteiger partial charge >= 0.3 is 5.97 Å². The highest BCUT2D eigenvalue weighted by atomic mass is 32.2. The fourth-order valence-electron chi connectivity index (χ4n) is 1.42. The molecule has 0 aromatic heterocycles. The van der Waals surface area contributed by atoms with E-state index in [0.717, 1.165) is 18.2 Å². The van der Waals surface area contributed by atoms with Crippen LogP contribution in [-0.4, -0.2) is 43.2 Å². The zero-order valence-electron chi connectivity index (χ0n) is 10.8. The summed E-state index contributed by atoms with van der Waals surface area (Å²) in [5.74, 6) is -3.23. The van der Waals surface area contributed by atoms with Gasteiger partial charge in [0.1, 0.15) is 16.8 Å². The molecule has 0 saturated heterocycles. The average Bonchev–Trinajstić information content (AvgIpc) is 2.34. The maximum absolute atomic E-state index is 13.8. The van der Waals surface area contributed by atoms with Gasteiger partial charge in [-0.2, -0.15) is 4.72 Å². The van der Waals surface area contributed by atoms with Gasteiger partial charge in [0.2, 0.25) is 15.9 Å². The van der Waals surface area contributed by atoms with Crippen molar-refractivity contribution in [2.24, 2.45) is 0 Å². The number of anilines is 1. The second kappa shape index (κ2) is 6.61. The number of amides is 1. The largest absolute Gasteiger partial charge is 0.480 e. The summed E-state index contributed by atoms with van der Waals surface area (Å²) in [5.41, 5.74) is 0.0518. The fraction of sp³-hybridized carbons (Fsp3) is 0.273. The third kappa shape index (κ3) is 4.48. The van der Waals surface area contributed by atoms with Gasteiger partial charge in [0, 0.05) is 12.6 Å². The van der Waals surface area contributed by atoms with Gasteiger partial charge in [-0.15, -0.1) is 0 Å². The second-order valence-corrected chi connectivity index (χ2v) is 5.70. The van der Waals surface area contributed by atoms with Gasteiger partial charge in [0.25, 0.3) is 0 Å². The lowest BCUT2D eigenvalue weighted by Gasteiger charge is -2.13. The number of aliphatic hydroxyl groups is 1. The van der Waals surface area contributed by atoms with E-state index in [1.807, 2.05) is 0 Å². The summed E-state index contributed by atoms with van der Waals surface area (Å²) < 4.78 is 39.1. The molecule has 1 rings (SSSR count). The van der Waals surface area contributed by atoms with Crippen LogP contribution in [0, 0.1) is 5.82 Å². The lowest BCUT2D eigenvalue weighted by atomic mass is 10.3. The molecule has 1 aromatic carbocycles. The first kappa shape index (κ1) is 17.0. The summed E-state index contributed by atoms with van der Waals surface area (Å²) in [6, 6.07) is 1.02. The molecular formula is C11H13FN2O6S. The van der Waals surface area contributed by atoms with Crippen LogP contribution in [0.4, 0.5) is 10.1 Å². The van der Waals surface area contributed by atoms with Crippen molar-refractivity contribution < 1.29 is 32.6 Å². The summed E-state index contributed by atoms with van der Waals surface area (Å²) in [5, 5.41) is 19.7. The van der Waals surface area contributed by atoms with Crippen molar-refractivity contribution in [3.63, 3.8) is 0 Å². The SMILES string of the molecule is CC(=O)Nc1ccc(S(=O)(=O)N[C@@H](CO)C(=O)O)c(F)c1. The van der Waals surface area contributed by atoms with E-state index in [0.29, 0.717) is 0 Å². The molecule has 0 bridgehead atoms. The number of rotatable bonds is 6. The minimum Gasteiger partial charge on any atom is -0.480 e. The van der Waals surface area contributed by atoms with E-state index in [-0.39, 0.29) is 5.69 Å². The number of benzene rings is 1. The highest BCUT2D eigenvalue weighted by molar-refractivity contribution is 7.89. The monoisotopic (exact) mass is 320 g/mol. The van der Waals surface area contributed by atoms with Gasteiger partial charge in [-0.05, 0) is 18.2 Å². The fourth-order valence-corrected chi connectivity index (χ4v) is 2.66. The van der Waals surface area contributed by atoms with Crippen LogP contribution < -0.4 is 10.0 Å². The third-order valence-corrected chi connectivity index (χ3v) is 3.82. The predicted molar refractivity (Wildman–Crippen MR) is 69.5 cm³/mol. The second-order valence-electron chi connectivity index (χ2n) is 4.02. The number of hydrogen-bond acceptors (Lipinski definition) is 5. The minimum atomic E-state index is -4.47. The summed E-state index contributed by atoms with van der Waals surface area (Å²) in [6.07, 6.45) is 0. The Balaban J connectivity index is 3.09. The number of carboxylic acid groups (broad SMARTS) is 1. The van der Waals surface area contributed by atoms with Crippen molar-refractivity contribution in [2.45, 2.75) is 17.9 Å². The highest BCUT2D eigenvalue weighted by Crippen LogP contribution is 2.19. The van der Waals surface area contributed by atoms with Gasteiger partial charge in [-0.25, -0.2) is 12.8 Å². The zero-order valence-corrected chi connectivity index (χ0v) is 11.6. The molecule has 0 saturated carbocycles. The maximum atomic E-state index is 13.8. The summed E-state index contributed by atoms with van der Waals surface area (Å²) in [6.45, 7) is 0.211. The molecule has 0 aliphatic heterocycles. The molecule has 8 nitrogen and oxygen atoms in total. The molecule has 0 aliphatic rings. The van der Waals surface area contributed by atoms with Gasteiger partial charge in [0.05, 0.1) is 6.61 Å². The van der Waals surface area contributed by atoms with Crippen LogP contribution in [0.2, 0.25) is 0 Å². The van der Waals surface area contributed by atoms with E-state index < -0.39 is 45.3 Å². The van der Waals surface area contributed by atoms with Gasteiger partial charge < -0.3 is 15.5 Å². The summed E-state index contributed by atoms with van der Waals surface area (Å²) in [4.78, 5) is 20.7. The molecule has 21 heavy (non-hydrogen) atoms. The van der Waals surface area contributed by atoms with E-state index >= 15 is 0 Å². The van der Waals surface area contributed by atoms with E-state index in [9.17, 15) is 22.4 Å². The van der Waals surface area contributed by atoms with Gasteiger partial charge in [-0.1, -0.05) is 0 Å². The molecule has 116 valence electrons. The number of sulfonamides is 1. The number of aliphatic hydroxyl groups excluding tert-OH is 1. The molecule has 1 atom stereocenters. The Morgan fingerprint density at radius 3 is 2.43 bits per heavy atom. The lowest BCUT2D eigenvalue weighted by Crippen LogP contribution is -2.43. The Hall–Kier alpha value is -2.04. The average molecular weight is 320 g/mol. The van der Waals surface area contributed by atoms with Crippen LogP contribution in [0.5, 0.6) is 0 Å². The summed E-state index contributed by atoms with van der Waals surface area (Å²) in [7, 11) is -4.47. The van der Waals surface area contributed by atoms with Crippen molar-refractivity contribution in [3.05, 3.63) is 24.0 Å². The first-order chi connectivity index (χ1) is 9.67. The van der Waals surface area contributed by atoms with E-state index in [1.165, 1.54) is 6.92 Å². The van der Waals surface area contributed by atoms with Crippen molar-refractivity contribution in [1.82, 2.24) is 4.72 Å². The van der Waals surface area contributed by atoms with E-state index in [4.69, 9.17) is 10.2 Å². The molecule has 0 aliphatic carbocycles. The van der Waals surface area contributed by atoms with Crippen molar-refractivity contribution >= 4 is 27.6 Å². The Labute approximate surface area is 119 Å². The predicted octanol–water partition coefficient (Wildman–Crippen LogP) is -0.492. The van der Waals surface area contributed by atoms with Crippen LogP contribution in [-0.2, 0) is 19.6 Å². The Morgan fingerprint density at radius 2 is 2.00 bits per heavy atom. The van der Waals surface area contributed by atoms with Gasteiger partial charge in [0.15, 0.2) is 0 Å². The highest BCUT2D eigenvalue weighted by Gasteiger charge is 2.27. The molecule has 0 radical (unpaired) electrons. The minimum absolute atomic E-state index is 0.0518. The van der Waals surface area contributed by atoms with Crippen molar-refractivity contribution in [2.75, 3.05) is 11.9 Å². The molecule has 0 spiro atoms. The standard InChI is InChI=1S/C11H13FN2O6S/c1-6(16)13-7-2-3-10(8(12)4-7)21(19,20)14-9(5-15)11(17)18/h2-4,9,14-15H,5H2,1H3,(H,13,16)(H,17,18)/t9-/m0/s1. The number of nitrogens with one attached hydrogen (secondary N) is 2. The number of aliphatic carboxylic acids is 1. The molecule has 0 fully saturated rings. The van der Waals surface area contributed by atoms with Crippen LogP contribution in [0.25, 0.3) is 0 Å². The molecular weight excluding hydrogens is 307 g/mol. The number of carboxylic acids is 1. The maximum Gasteiger partial charge on any atom is 0.324 e. The Morgan fingerprint density at radius 1 is 1.38 bits per heavy atom. The normalized spacial score (nSPS) is 12.7. The molecule has 0 unspecified atom stereocenters. The molecule has 1 aromatic rings. The molecule has 1 amide bonds. The molecule has 10 heteroatoms. The van der Waals surface area contributed by atoms with Crippen molar-refractivity contribution in [1.29, 1.82) is 0 Å². The smallest absolute Gasteiger partial charge is 0.324 e. The first-order valence-corrected chi connectivity index (χ1v) is 7.09. The zero-order chi connectivity index (χ0) is 16.2. The first-order valence-electron chi connectivity index (χ1n) is 5.60. The Kier molecular flexibility index (Phi) is 5.35. The molecule has 4 N–H and O–H groups in total. The number of carbonyl (C=O) groups is 2. The Bertz CT molecular complexity index is 661. The molecule has 0 heterocycles. The van der Waals surface area contributed by atoms with E-state index in [2.05, 4.69) is 5.32 Å². The third-order valence-electron chi connectivity index (χ3n) is 2.32. The number of halogens is 1. The lowest BCUT2D eigenvalue weighted by molar-refractivity contribution is -0.139. The van der Waals surface area contributed by atoms with Crippen LogP contribution in [0.3, 0.4) is 0 Å². The van der Waals surface area contributed by atoms with Crippen LogP contribution in [0.1, 0.15) is 6.92 Å². The number of hydrogen-bond donors (Lipinski definition) is 4. The van der Waals surface area contributed by atoms with Gasteiger partial charge in [-0.3, -0.25) is 9.59 Å².